The van der Waals surface area contributed by atoms with Crippen molar-refractivity contribution in [3.05, 3.63) is 41.6 Å². The molecule has 1 unspecified atom stereocenters. The number of hydrogen-bond donors (Lipinski definition) is 3. The Balaban J connectivity index is 1.22. The van der Waals surface area contributed by atoms with Crippen LogP contribution in [0.4, 0.5) is 4.79 Å². The Morgan fingerprint density at radius 2 is 1.86 bits per heavy atom. The highest BCUT2D eigenvalue weighted by Crippen LogP contribution is 2.49. The summed E-state index contributed by atoms with van der Waals surface area (Å²) in [6, 6.07) is 3.62. The van der Waals surface area contributed by atoms with Crippen LogP contribution in [0.5, 0.6) is 11.5 Å². The van der Waals surface area contributed by atoms with E-state index in [9.17, 15) is 27.6 Å². The highest BCUT2D eigenvalue weighted by Gasteiger charge is 2.64. The molecule has 2 saturated carbocycles. The van der Waals surface area contributed by atoms with Crippen molar-refractivity contribution in [3.8, 4) is 11.5 Å². The molecule has 0 bridgehead atoms. The van der Waals surface area contributed by atoms with Crippen molar-refractivity contribution in [2.24, 2.45) is 11.3 Å². The number of alkyl carbamates (subject to hydrolysis) is 1. The van der Waals surface area contributed by atoms with Gasteiger partial charge in [0, 0.05) is 30.4 Å². The van der Waals surface area contributed by atoms with Gasteiger partial charge in [0.15, 0.2) is 0 Å². The topological polar surface area (TPSA) is 192 Å². The zero-order valence-corrected chi connectivity index (χ0v) is 35.9. The summed E-state index contributed by atoms with van der Waals surface area (Å²) in [6.45, 7) is 10.3. The summed E-state index contributed by atoms with van der Waals surface area (Å²) in [6.07, 6.45) is 8.54. The van der Waals surface area contributed by atoms with E-state index in [1.165, 1.54) is 4.90 Å². The van der Waals surface area contributed by atoms with Gasteiger partial charge in [-0.05, 0) is 88.8 Å². The molecule has 4 amide bonds. The van der Waals surface area contributed by atoms with E-state index in [-0.39, 0.29) is 31.4 Å². The zero-order valence-electron chi connectivity index (χ0n) is 35.1. The first-order valence-corrected chi connectivity index (χ1v) is 22.4. The van der Waals surface area contributed by atoms with Crippen molar-refractivity contribution in [1.82, 2.24) is 25.2 Å². The molecule has 3 fully saturated rings. The van der Waals surface area contributed by atoms with Crippen LogP contribution < -0.4 is 24.8 Å². The van der Waals surface area contributed by atoms with Crippen LogP contribution in [0.15, 0.2) is 30.4 Å². The predicted octanol–water partition coefficient (Wildman–Crippen LogP) is 4.77. The third-order valence-electron chi connectivity index (χ3n) is 12.4. The second kappa shape index (κ2) is 16.2. The Morgan fingerprint density at radius 3 is 2.59 bits per heavy atom. The van der Waals surface area contributed by atoms with Gasteiger partial charge in [-0.1, -0.05) is 45.8 Å². The number of amides is 4. The van der Waals surface area contributed by atoms with Crippen molar-refractivity contribution in [1.29, 1.82) is 0 Å². The van der Waals surface area contributed by atoms with E-state index in [4.69, 9.17) is 23.9 Å². The quantitative estimate of drug-likeness (QED) is 0.233. The summed E-state index contributed by atoms with van der Waals surface area (Å²) in [5, 5.41) is 6.65. The lowest BCUT2D eigenvalue weighted by molar-refractivity contribution is -0.141. The molecule has 15 nitrogen and oxygen atoms in total. The fourth-order valence-electron chi connectivity index (χ4n) is 8.47. The number of allylic oxidation sites excluding steroid dienone is 1. The zero-order chi connectivity index (χ0) is 42.4. The van der Waals surface area contributed by atoms with Gasteiger partial charge in [0.25, 0.3) is 5.91 Å². The number of methoxy groups -OCH3 is 1. The van der Waals surface area contributed by atoms with E-state index >= 15 is 0 Å². The molecule has 16 heteroatoms. The van der Waals surface area contributed by atoms with E-state index in [2.05, 4.69) is 15.4 Å². The number of carbonyl (C=O) groups excluding carboxylic acids is 4. The average molecular weight is 838 g/mol. The number of fused-ring (bicyclic) bond motifs is 5. The summed E-state index contributed by atoms with van der Waals surface area (Å²) >= 11 is 0. The Labute approximate surface area is 346 Å². The lowest BCUT2D eigenvalue weighted by atomic mass is 9.87. The first-order chi connectivity index (χ1) is 27.9. The lowest BCUT2D eigenvalue weighted by Gasteiger charge is -2.36. The number of carbonyl (C=O) groups is 4. The van der Waals surface area contributed by atoms with Gasteiger partial charge in [0.05, 0.1) is 35.7 Å². The van der Waals surface area contributed by atoms with Gasteiger partial charge in [-0.25, -0.2) is 18.2 Å². The Bertz CT molecular complexity index is 2130. The number of nitrogens with one attached hydrogen (secondary N) is 3. The number of rotatable bonds is 9. The van der Waals surface area contributed by atoms with E-state index in [1.54, 1.807) is 14.0 Å². The average Bonchev–Trinajstić information content (AvgIpc) is 4.07. The molecule has 59 heavy (non-hydrogen) atoms. The smallest absolute Gasteiger partial charge is 0.407 e. The van der Waals surface area contributed by atoms with Crippen LogP contribution >= 0.6 is 0 Å². The fraction of sp³-hybridized carbons (Fsp3) is 0.651. The van der Waals surface area contributed by atoms with Gasteiger partial charge in [0.2, 0.25) is 21.8 Å². The van der Waals surface area contributed by atoms with Gasteiger partial charge >= 0.3 is 6.09 Å². The Kier molecular flexibility index (Phi) is 11.7. The minimum Gasteiger partial charge on any atom is -0.491 e. The maximum Gasteiger partial charge on any atom is 0.407 e. The standard InChI is InChI=1S/C43H59N5O10S/c1-27-35-30(31-22-29(56-21-20-55-6)14-15-32(31)44-27)16-17-42(58-35)24-34-36(49)46-43(38(51)47-59(53,54)41(5)18-19-41)23-28(43)12-10-8-7-9-11-13-33(37(50)48(34)25-42)45-39(52)57-26-40(2,3)4/h10,12,14-15,22,28,33-34H,7-9,11,13,16-21,23-26H2,1-6H3,(H,45,52)(H,46,49)(H,47,51)/b12-10-/t28?,33-,34-,42+,43+/m0/s1. The van der Waals surface area contributed by atoms with Crippen LogP contribution in [0.1, 0.15) is 103 Å². The third kappa shape index (κ3) is 9.03. The number of nitrogens with zero attached hydrogens (tertiary/aromatic N) is 2. The van der Waals surface area contributed by atoms with Crippen molar-refractivity contribution >= 4 is 44.7 Å². The van der Waals surface area contributed by atoms with E-state index in [0.717, 1.165) is 29.3 Å². The van der Waals surface area contributed by atoms with Crippen LogP contribution in [0.2, 0.25) is 0 Å². The van der Waals surface area contributed by atoms with Crippen LogP contribution in [-0.2, 0) is 40.3 Å². The third-order valence-corrected chi connectivity index (χ3v) is 14.6. The predicted molar refractivity (Wildman–Crippen MR) is 219 cm³/mol. The highest BCUT2D eigenvalue weighted by molar-refractivity contribution is 7.91. The van der Waals surface area contributed by atoms with Crippen LogP contribution in [0.25, 0.3) is 10.9 Å². The molecule has 5 atom stereocenters. The van der Waals surface area contributed by atoms with Gasteiger partial charge in [-0.15, -0.1) is 0 Å². The number of sulfonamides is 1. The normalized spacial score (nSPS) is 28.4. The maximum absolute atomic E-state index is 14.8. The largest absolute Gasteiger partial charge is 0.491 e. The SMILES string of the molecule is COCCOc1ccc2nc(C)c3c(c2c1)CC[C@]1(C[C@H]2C(=O)N[C@]4(C(=O)NS(=O)(=O)C5(C)CC5)CC4/C=C\CCCCC[C@H](NC(=O)OCC(C)(C)C)C(=O)N2C1)O3. The van der Waals surface area contributed by atoms with E-state index in [0.29, 0.717) is 75.4 Å². The van der Waals surface area contributed by atoms with E-state index < -0.39 is 67.7 Å². The molecule has 3 aliphatic heterocycles. The van der Waals surface area contributed by atoms with Crippen LogP contribution in [0, 0.1) is 18.3 Å². The lowest BCUT2D eigenvalue weighted by Crippen LogP contribution is -2.58. The first-order valence-electron chi connectivity index (χ1n) is 20.9. The minimum atomic E-state index is -4.00. The summed E-state index contributed by atoms with van der Waals surface area (Å²) in [5.74, 6) is -1.03. The van der Waals surface area contributed by atoms with E-state index in [1.807, 2.05) is 58.0 Å². The highest BCUT2D eigenvalue weighted by atomic mass is 32.2. The summed E-state index contributed by atoms with van der Waals surface area (Å²) in [7, 11) is -2.39. The van der Waals surface area contributed by atoms with Gasteiger partial charge < -0.3 is 34.5 Å². The summed E-state index contributed by atoms with van der Waals surface area (Å²) in [4.78, 5) is 63.1. The summed E-state index contributed by atoms with van der Waals surface area (Å²) < 4.78 is 51.3. The molecule has 322 valence electrons. The molecule has 1 aromatic heterocycles. The molecule has 1 saturated heterocycles. The Hall–Kier alpha value is -4.44. The Morgan fingerprint density at radius 1 is 1.08 bits per heavy atom. The first kappa shape index (κ1) is 42.7. The molecule has 1 aromatic carbocycles. The molecule has 0 radical (unpaired) electrons. The number of benzene rings is 1. The van der Waals surface area contributed by atoms with Crippen LogP contribution in [-0.4, -0.2) is 104 Å². The van der Waals surface area contributed by atoms with Crippen molar-refractivity contribution in [2.75, 3.05) is 33.5 Å². The van der Waals surface area contributed by atoms with Crippen molar-refractivity contribution in [3.63, 3.8) is 0 Å². The van der Waals surface area contributed by atoms with Gasteiger partial charge in [-0.3, -0.25) is 19.1 Å². The molecule has 1 spiro atoms. The molecular formula is C43H59N5O10S. The monoisotopic (exact) mass is 837 g/mol. The molecule has 4 heterocycles. The fourth-order valence-corrected chi connectivity index (χ4v) is 9.78. The van der Waals surface area contributed by atoms with Crippen molar-refractivity contribution < 1.29 is 46.5 Å². The van der Waals surface area contributed by atoms with Crippen molar-refractivity contribution in [2.45, 2.75) is 133 Å². The number of aromatic nitrogens is 1. The van der Waals surface area contributed by atoms with Crippen LogP contribution in [0.3, 0.4) is 0 Å². The summed E-state index contributed by atoms with van der Waals surface area (Å²) in [5.41, 5.74) is -0.434. The van der Waals surface area contributed by atoms with Gasteiger partial charge in [-0.2, -0.15) is 0 Å². The molecular weight excluding hydrogens is 779 g/mol. The number of aryl methyl sites for hydroxylation is 2. The second-order valence-corrected chi connectivity index (χ2v) is 20.7. The molecule has 3 N–H and O–H groups in total. The molecule has 2 aliphatic carbocycles. The van der Waals surface area contributed by atoms with Gasteiger partial charge in [0.1, 0.15) is 41.3 Å². The number of hydrogen-bond acceptors (Lipinski definition) is 11. The minimum absolute atomic E-state index is 0.0332. The second-order valence-electron chi connectivity index (χ2n) is 18.6. The molecule has 2 aromatic rings. The number of ether oxygens (including phenoxy) is 4. The molecule has 5 aliphatic rings. The number of pyridine rings is 1. The molecule has 7 rings (SSSR count). The maximum atomic E-state index is 14.8.